The van der Waals surface area contributed by atoms with Gasteiger partial charge in [0.05, 0.1) is 17.1 Å². The molecule has 3 aromatic carbocycles. The van der Waals surface area contributed by atoms with E-state index in [0.717, 1.165) is 39.9 Å². The minimum atomic E-state index is -0.186. The molecule has 178 valence electrons. The summed E-state index contributed by atoms with van der Waals surface area (Å²) in [5.74, 6) is 2.83. The summed E-state index contributed by atoms with van der Waals surface area (Å²) in [6.45, 7) is 2.74. The van der Waals surface area contributed by atoms with Crippen molar-refractivity contribution in [2.75, 3.05) is 6.79 Å². The number of benzene rings is 3. The molecule has 1 aliphatic rings. The first-order valence-electron chi connectivity index (χ1n) is 11.5. The first-order valence-corrected chi connectivity index (χ1v) is 12.3. The van der Waals surface area contributed by atoms with E-state index in [-0.39, 0.29) is 12.4 Å². The Balaban J connectivity index is 1.38. The van der Waals surface area contributed by atoms with Crippen LogP contribution in [0.2, 0.25) is 0 Å². The van der Waals surface area contributed by atoms with E-state index >= 15 is 0 Å². The summed E-state index contributed by atoms with van der Waals surface area (Å²) < 4.78 is 19.0. The minimum absolute atomic E-state index is 0.186. The van der Waals surface area contributed by atoms with Gasteiger partial charge in [-0.25, -0.2) is 4.98 Å². The average Bonchev–Trinajstić information content (AvgIpc) is 3.34. The second-order valence-electron chi connectivity index (χ2n) is 8.20. The van der Waals surface area contributed by atoms with Gasteiger partial charge in [-0.05, 0) is 60.0 Å². The largest absolute Gasteiger partial charge is 0.489 e. The van der Waals surface area contributed by atoms with Crippen molar-refractivity contribution in [1.29, 1.82) is 0 Å². The van der Waals surface area contributed by atoms with Crippen LogP contribution in [0.25, 0.3) is 10.9 Å². The number of hydrogen-bond donors (Lipinski definition) is 0. The van der Waals surface area contributed by atoms with Crippen molar-refractivity contribution in [3.63, 3.8) is 0 Å². The highest BCUT2D eigenvalue weighted by atomic mass is 79.9. The van der Waals surface area contributed by atoms with Gasteiger partial charge < -0.3 is 14.2 Å². The van der Waals surface area contributed by atoms with Gasteiger partial charge in [-0.3, -0.25) is 4.79 Å². The van der Waals surface area contributed by atoms with Crippen molar-refractivity contribution in [2.45, 2.75) is 32.8 Å². The van der Waals surface area contributed by atoms with Crippen LogP contribution in [0.4, 0.5) is 0 Å². The maximum atomic E-state index is 13.2. The summed E-state index contributed by atoms with van der Waals surface area (Å²) >= 11 is 3.44. The SMILES string of the molecule is CCCCc1nc2ccc(Br)cc2c(=O)n1N=Cc1cccc(OCc2ccc3c(c2)OCO3)c1. The van der Waals surface area contributed by atoms with Crippen LogP contribution in [-0.2, 0) is 13.0 Å². The first kappa shape index (κ1) is 23.1. The molecule has 0 N–H and O–H groups in total. The Morgan fingerprint density at radius 3 is 2.89 bits per heavy atom. The van der Waals surface area contributed by atoms with Gasteiger partial charge in [0, 0.05) is 10.9 Å². The molecule has 0 atom stereocenters. The standard InChI is InChI=1S/C27H24BrN3O4/c1-2-3-7-26-30-23-10-9-20(28)14-22(23)27(32)31(26)29-15-18-5-4-6-21(12-18)33-16-19-8-11-24-25(13-19)35-17-34-24/h4-6,8-15H,2-3,7,16-17H2,1H3. The van der Waals surface area contributed by atoms with Gasteiger partial charge in [0.1, 0.15) is 18.2 Å². The lowest BCUT2D eigenvalue weighted by molar-refractivity contribution is 0.174. The van der Waals surface area contributed by atoms with E-state index in [1.54, 1.807) is 12.3 Å². The Hall–Kier alpha value is -3.65. The van der Waals surface area contributed by atoms with E-state index < -0.39 is 0 Å². The molecule has 2 heterocycles. The van der Waals surface area contributed by atoms with Crippen molar-refractivity contribution in [2.24, 2.45) is 5.10 Å². The van der Waals surface area contributed by atoms with Gasteiger partial charge in [0.2, 0.25) is 6.79 Å². The number of nitrogens with zero attached hydrogens (tertiary/aromatic N) is 3. The molecule has 0 saturated carbocycles. The van der Waals surface area contributed by atoms with Crippen LogP contribution in [0, 0.1) is 0 Å². The maximum absolute atomic E-state index is 13.2. The number of unbranched alkanes of at least 4 members (excludes halogenated alkanes) is 1. The summed E-state index contributed by atoms with van der Waals surface area (Å²) in [6.07, 6.45) is 4.26. The summed E-state index contributed by atoms with van der Waals surface area (Å²) in [5, 5.41) is 5.05. The van der Waals surface area contributed by atoms with Gasteiger partial charge in [-0.15, -0.1) is 0 Å². The second-order valence-corrected chi connectivity index (χ2v) is 9.12. The number of halogens is 1. The normalized spacial score (nSPS) is 12.5. The van der Waals surface area contributed by atoms with Crippen LogP contribution in [0.3, 0.4) is 0 Å². The lowest BCUT2D eigenvalue weighted by Gasteiger charge is -2.10. The second kappa shape index (κ2) is 10.3. The third kappa shape index (κ3) is 5.22. The molecular formula is C27H24BrN3O4. The van der Waals surface area contributed by atoms with E-state index in [1.165, 1.54) is 4.68 Å². The molecule has 5 rings (SSSR count). The van der Waals surface area contributed by atoms with Crippen LogP contribution >= 0.6 is 15.9 Å². The highest BCUT2D eigenvalue weighted by molar-refractivity contribution is 9.10. The fraction of sp³-hybridized carbons (Fsp3) is 0.222. The lowest BCUT2D eigenvalue weighted by atomic mass is 10.2. The number of aromatic nitrogens is 2. The molecule has 1 aliphatic heterocycles. The molecule has 0 fully saturated rings. The van der Waals surface area contributed by atoms with E-state index in [2.05, 4.69) is 28.0 Å². The smallest absolute Gasteiger partial charge is 0.282 e. The molecule has 8 heteroatoms. The van der Waals surface area contributed by atoms with E-state index in [4.69, 9.17) is 19.2 Å². The molecule has 7 nitrogen and oxygen atoms in total. The third-order valence-electron chi connectivity index (χ3n) is 5.65. The summed E-state index contributed by atoms with van der Waals surface area (Å²) in [6, 6.07) is 18.9. The average molecular weight is 534 g/mol. The number of ether oxygens (including phenoxy) is 3. The summed E-state index contributed by atoms with van der Waals surface area (Å²) in [4.78, 5) is 18.0. The van der Waals surface area contributed by atoms with Crippen molar-refractivity contribution < 1.29 is 14.2 Å². The van der Waals surface area contributed by atoms with Crippen LogP contribution in [0.15, 0.2) is 75.0 Å². The summed E-state index contributed by atoms with van der Waals surface area (Å²) in [5.41, 5.74) is 2.29. The highest BCUT2D eigenvalue weighted by Crippen LogP contribution is 2.32. The van der Waals surface area contributed by atoms with Crippen LogP contribution in [0.5, 0.6) is 17.2 Å². The number of hydrogen-bond acceptors (Lipinski definition) is 6. The molecule has 0 amide bonds. The predicted octanol–water partition coefficient (Wildman–Crippen LogP) is 5.69. The molecule has 0 saturated heterocycles. The Bertz CT molecular complexity index is 1470. The number of rotatable bonds is 8. The Morgan fingerprint density at radius 2 is 2.00 bits per heavy atom. The zero-order valence-corrected chi connectivity index (χ0v) is 20.8. The molecule has 35 heavy (non-hydrogen) atoms. The van der Waals surface area contributed by atoms with Crippen molar-refractivity contribution >= 4 is 33.0 Å². The van der Waals surface area contributed by atoms with E-state index in [9.17, 15) is 4.79 Å². The Morgan fingerprint density at radius 1 is 1.11 bits per heavy atom. The molecule has 0 bridgehead atoms. The van der Waals surface area contributed by atoms with Gasteiger partial charge >= 0.3 is 0 Å². The van der Waals surface area contributed by atoms with Gasteiger partial charge in [-0.2, -0.15) is 9.78 Å². The molecule has 1 aromatic heterocycles. The van der Waals surface area contributed by atoms with E-state index in [0.29, 0.717) is 35.5 Å². The zero-order valence-electron chi connectivity index (χ0n) is 19.2. The fourth-order valence-electron chi connectivity index (χ4n) is 3.82. The van der Waals surface area contributed by atoms with Crippen molar-refractivity contribution in [1.82, 2.24) is 9.66 Å². The maximum Gasteiger partial charge on any atom is 0.282 e. The van der Waals surface area contributed by atoms with Crippen LogP contribution in [-0.4, -0.2) is 22.7 Å². The van der Waals surface area contributed by atoms with Gasteiger partial charge in [0.15, 0.2) is 11.5 Å². The van der Waals surface area contributed by atoms with Crippen molar-refractivity contribution in [3.8, 4) is 17.2 Å². The third-order valence-corrected chi connectivity index (χ3v) is 6.15. The quantitative estimate of drug-likeness (QED) is 0.272. The monoisotopic (exact) mass is 533 g/mol. The molecule has 0 unspecified atom stereocenters. The van der Waals surface area contributed by atoms with Crippen LogP contribution in [0.1, 0.15) is 36.7 Å². The van der Waals surface area contributed by atoms with Crippen LogP contribution < -0.4 is 19.8 Å². The molecule has 4 aromatic rings. The Labute approximate surface area is 211 Å². The zero-order chi connectivity index (χ0) is 24.2. The number of fused-ring (bicyclic) bond motifs is 2. The fourth-order valence-corrected chi connectivity index (χ4v) is 4.18. The Kier molecular flexibility index (Phi) is 6.81. The topological polar surface area (TPSA) is 74.9 Å². The molecule has 0 radical (unpaired) electrons. The van der Waals surface area contributed by atoms with Gasteiger partial charge in [-0.1, -0.05) is 47.5 Å². The molecule has 0 aliphatic carbocycles. The first-order chi connectivity index (χ1) is 17.1. The molecule has 0 spiro atoms. The van der Waals surface area contributed by atoms with Crippen molar-refractivity contribution in [3.05, 3.63) is 92.4 Å². The minimum Gasteiger partial charge on any atom is -0.489 e. The van der Waals surface area contributed by atoms with E-state index in [1.807, 2.05) is 54.6 Å². The predicted molar refractivity (Wildman–Crippen MR) is 139 cm³/mol. The summed E-state index contributed by atoms with van der Waals surface area (Å²) in [7, 11) is 0. The number of aryl methyl sites for hydroxylation is 1. The van der Waals surface area contributed by atoms with Gasteiger partial charge in [0.25, 0.3) is 5.56 Å². The highest BCUT2D eigenvalue weighted by Gasteiger charge is 2.13. The molecular weight excluding hydrogens is 510 g/mol. The lowest BCUT2D eigenvalue weighted by Crippen LogP contribution is -2.22.